The molecule has 4 N–H and O–H groups in total. The van der Waals surface area contributed by atoms with E-state index in [0.29, 0.717) is 35.3 Å². The number of aromatic nitrogens is 2. The Morgan fingerprint density at radius 3 is 2.69 bits per heavy atom. The zero-order valence-electron chi connectivity index (χ0n) is 19.5. The van der Waals surface area contributed by atoms with Gasteiger partial charge in [-0.25, -0.2) is 4.98 Å². The van der Waals surface area contributed by atoms with Gasteiger partial charge in [0.05, 0.1) is 25.5 Å². The third kappa shape index (κ3) is 5.36. The number of hydrogen-bond acceptors (Lipinski definition) is 9. The molecule has 0 fully saturated rings. The number of halogens is 3. The summed E-state index contributed by atoms with van der Waals surface area (Å²) in [6, 6.07) is 9.75. The van der Waals surface area contributed by atoms with Gasteiger partial charge >= 0.3 is 6.18 Å². The van der Waals surface area contributed by atoms with Crippen LogP contribution in [0.1, 0.15) is 28.5 Å². The molecule has 9 nitrogen and oxygen atoms in total. The molecular formula is C24H25F3N4O5. The first-order valence-corrected chi connectivity index (χ1v) is 11.0. The van der Waals surface area contributed by atoms with Gasteiger partial charge in [0.25, 0.3) is 0 Å². The van der Waals surface area contributed by atoms with Crippen LogP contribution in [0.5, 0.6) is 17.4 Å². The zero-order valence-corrected chi connectivity index (χ0v) is 19.5. The summed E-state index contributed by atoms with van der Waals surface area (Å²) in [4.78, 5) is 9.39. The predicted molar refractivity (Wildman–Crippen MR) is 123 cm³/mol. The van der Waals surface area contributed by atoms with Gasteiger partial charge in [-0.1, -0.05) is 18.2 Å². The van der Waals surface area contributed by atoms with Crippen molar-refractivity contribution in [3.63, 3.8) is 0 Å². The molecule has 0 radical (unpaired) electrons. The highest BCUT2D eigenvalue weighted by Gasteiger charge is 2.37. The van der Waals surface area contributed by atoms with E-state index in [1.165, 1.54) is 13.2 Å². The van der Waals surface area contributed by atoms with Crippen LogP contribution in [0.2, 0.25) is 0 Å². The Kier molecular flexibility index (Phi) is 7.31. The minimum atomic E-state index is -4.78. The average Bonchev–Trinajstić information content (AvgIpc) is 3.13. The molecule has 0 spiro atoms. The van der Waals surface area contributed by atoms with Crippen molar-refractivity contribution in [3.8, 4) is 17.4 Å². The summed E-state index contributed by atoms with van der Waals surface area (Å²) in [6.45, 7) is 0.0178. The number of anilines is 2. The lowest BCUT2D eigenvalue weighted by molar-refractivity contribution is -0.139. The summed E-state index contributed by atoms with van der Waals surface area (Å²) in [7, 11) is 3.10. The number of rotatable bonds is 8. The summed E-state index contributed by atoms with van der Waals surface area (Å²) < 4.78 is 52.1. The molecule has 192 valence electrons. The molecular weight excluding hydrogens is 481 g/mol. The number of nitrogens with one attached hydrogen (secondary N) is 1. The fraction of sp³-hybridized carbons (Fsp3) is 0.333. The van der Waals surface area contributed by atoms with E-state index < -0.39 is 36.6 Å². The van der Waals surface area contributed by atoms with Gasteiger partial charge < -0.3 is 30.1 Å². The molecule has 2 aromatic carbocycles. The Morgan fingerprint density at radius 2 is 2.00 bits per heavy atom. The summed E-state index contributed by atoms with van der Waals surface area (Å²) in [5.41, 5.74) is 0.982. The van der Waals surface area contributed by atoms with Crippen LogP contribution < -0.4 is 14.8 Å². The van der Waals surface area contributed by atoms with Crippen LogP contribution in [0.15, 0.2) is 42.6 Å². The summed E-state index contributed by atoms with van der Waals surface area (Å²) in [6.07, 6.45) is -5.95. The normalized spacial score (nSPS) is 16.5. The van der Waals surface area contributed by atoms with Crippen molar-refractivity contribution in [2.75, 3.05) is 26.1 Å². The third-order valence-corrected chi connectivity index (χ3v) is 5.71. The molecule has 2 heterocycles. The minimum absolute atomic E-state index is 0.0591. The van der Waals surface area contributed by atoms with Gasteiger partial charge in [-0.05, 0) is 36.4 Å². The topological polar surface area (TPSA) is 120 Å². The first-order valence-electron chi connectivity index (χ1n) is 11.0. The second-order valence-corrected chi connectivity index (χ2v) is 8.33. The van der Waals surface area contributed by atoms with Crippen LogP contribution in [0.3, 0.4) is 0 Å². The van der Waals surface area contributed by atoms with Gasteiger partial charge in [0.2, 0.25) is 11.8 Å². The van der Waals surface area contributed by atoms with Gasteiger partial charge in [-0.2, -0.15) is 18.2 Å². The first kappa shape index (κ1) is 25.6. The zero-order chi connectivity index (χ0) is 26.0. The monoisotopic (exact) mass is 506 g/mol. The summed E-state index contributed by atoms with van der Waals surface area (Å²) in [5.74, 6) is -0.513. The number of methoxy groups -OCH3 is 1. The Labute approximate surface area is 204 Å². The van der Waals surface area contributed by atoms with Crippen LogP contribution in [0.25, 0.3) is 0 Å². The molecule has 1 unspecified atom stereocenters. The van der Waals surface area contributed by atoms with Crippen LogP contribution in [-0.2, 0) is 19.1 Å². The maximum Gasteiger partial charge on any atom is 0.423 e. The molecule has 1 aliphatic heterocycles. The largest absolute Gasteiger partial charge is 0.495 e. The molecule has 12 heteroatoms. The standard InChI is InChI=1S/C24H25F3N4O5/c1-31-11-14-4-3-5-18(20(14)22(31)34)36-21-16(24(25,26)27)10-28-23(30-21)29-17-7-6-13(8-15(33)12-32)9-19(17)35-2/h3-7,9-10,15,22,32-34H,8,11-12H2,1-2H3,(H,28,29,30)/t15-,22?/m1/s1. The molecule has 1 aliphatic rings. The highest BCUT2D eigenvalue weighted by molar-refractivity contribution is 5.64. The summed E-state index contributed by atoms with van der Waals surface area (Å²) in [5, 5.41) is 32.0. The quantitative estimate of drug-likeness (QED) is 0.365. The minimum Gasteiger partial charge on any atom is -0.495 e. The molecule has 36 heavy (non-hydrogen) atoms. The van der Waals surface area contributed by atoms with E-state index in [2.05, 4.69) is 15.3 Å². The van der Waals surface area contributed by atoms with Crippen molar-refractivity contribution in [2.45, 2.75) is 31.5 Å². The molecule has 0 saturated carbocycles. The number of alkyl halides is 3. The van der Waals surface area contributed by atoms with E-state index in [1.54, 1.807) is 42.3 Å². The third-order valence-electron chi connectivity index (χ3n) is 5.71. The van der Waals surface area contributed by atoms with Crippen molar-refractivity contribution in [2.24, 2.45) is 0 Å². The number of aliphatic hydroxyl groups is 3. The van der Waals surface area contributed by atoms with Gasteiger partial charge in [-0.3, -0.25) is 4.90 Å². The van der Waals surface area contributed by atoms with Crippen molar-refractivity contribution in [3.05, 3.63) is 64.8 Å². The Balaban J connectivity index is 1.67. The number of hydrogen-bond donors (Lipinski definition) is 4. The molecule has 4 rings (SSSR count). The average molecular weight is 506 g/mol. The fourth-order valence-electron chi connectivity index (χ4n) is 3.91. The number of aliphatic hydroxyl groups excluding tert-OH is 3. The van der Waals surface area contributed by atoms with Crippen molar-refractivity contribution in [1.82, 2.24) is 14.9 Å². The second-order valence-electron chi connectivity index (χ2n) is 8.33. The maximum absolute atomic E-state index is 13.7. The lowest BCUT2D eigenvalue weighted by Crippen LogP contribution is -2.16. The van der Waals surface area contributed by atoms with Crippen molar-refractivity contribution < 1.29 is 38.0 Å². The van der Waals surface area contributed by atoms with Gasteiger partial charge in [-0.15, -0.1) is 0 Å². The lowest BCUT2D eigenvalue weighted by Gasteiger charge is -2.18. The molecule has 2 atom stereocenters. The Bertz CT molecular complexity index is 1240. The maximum atomic E-state index is 13.7. The smallest absolute Gasteiger partial charge is 0.423 e. The van der Waals surface area contributed by atoms with Crippen molar-refractivity contribution >= 4 is 11.6 Å². The molecule has 1 aromatic heterocycles. The van der Waals surface area contributed by atoms with Gasteiger partial charge in [0.1, 0.15) is 23.3 Å². The van der Waals surface area contributed by atoms with Crippen LogP contribution in [0.4, 0.5) is 24.8 Å². The van der Waals surface area contributed by atoms with E-state index in [9.17, 15) is 23.4 Å². The van der Waals surface area contributed by atoms with Crippen molar-refractivity contribution in [1.29, 1.82) is 0 Å². The van der Waals surface area contributed by atoms with E-state index in [-0.39, 0.29) is 18.1 Å². The Hall–Kier alpha value is -3.45. The number of fused-ring (bicyclic) bond motifs is 1. The fourth-order valence-corrected chi connectivity index (χ4v) is 3.91. The molecule has 0 amide bonds. The Morgan fingerprint density at radius 1 is 1.22 bits per heavy atom. The van der Waals surface area contributed by atoms with Crippen LogP contribution in [-0.4, -0.2) is 57.1 Å². The van der Waals surface area contributed by atoms with Crippen LogP contribution >= 0.6 is 0 Å². The lowest BCUT2D eigenvalue weighted by atomic mass is 10.1. The second kappa shape index (κ2) is 10.3. The van der Waals surface area contributed by atoms with Gasteiger partial charge in [0.15, 0.2) is 0 Å². The van der Waals surface area contributed by atoms with E-state index >= 15 is 0 Å². The molecule has 3 aromatic rings. The molecule has 0 bridgehead atoms. The van der Waals surface area contributed by atoms with E-state index in [0.717, 1.165) is 5.56 Å². The van der Waals surface area contributed by atoms with Crippen LogP contribution in [0, 0.1) is 0 Å². The highest BCUT2D eigenvalue weighted by Crippen LogP contribution is 2.42. The molecule has 0 aliphatic carbocycles. The number of benzene rings is 2. The van der Waals surface area contributed by atoms with Gasteiger partial charge in [0, 0.05) is 24.7 Å². The first-order chi connectivity index (χ1) is 17.1. The number of ether oxygens (including phenoxy) is 2. The summed E-state index contributed by atoms with van der Waals surface area (Å²) >= 11 is 0. The highest BCUT2D eigenvalue weighted by atomic mass is 19.4. The van der Waals surface area contributed by atoms with E-state index in [4.69, 9.17) is 14.6 Å². The number of nitrogens with zero attached hydrogens (tertiary/aromatic N) is 3. The van der Waals surface area contributed by atoms with E-state index in [1.807, 2.05) is 0 Å². The molecule has 0 saturated heterocycles. The predicted octanol–water partition coefficient (Wildman–Crippen LogP) is 3.37. The SMILES string of the molecule is COc1cc(C[C@@H](O)CO)ccc1Nc1ncc(C(F)(F)F)c(Oc2cccc3c2C(O)N(C)C3)n1.